The standard InChI is InChI=1S/C11H12N2O/c1-7-2-3-9-8(6-7)12-11-10(14)4-5-13(9)11/h2-3,6,10,14H,4-5H2,1H3. The maximum absolute atomic E-state index is 9.67. The molecule has 0 radical (unpaired) electrons. The molecule has 3 heteroatoms. The van der Waals surface area contributed by atoms with Crippen LogP contribution in [0.5, 0.6) is 0 Å². The zero-order valence-electron chi connectivity index (χ0n) is 8.07. The average Bonchev–Trinajstić information content (AvgIpc) is 2.66. The Morgan fingerprint density at radius 3 is 3.21 bits per heavy atom. The second-order valence-corrected chi connectivity index (χ2v) is 3.92. The smallest absolute Gasteiger partial charge is 0.138 e. The minimum Gasteiger partial charge on any atom is -0.385 e. The number of fused-ring (bicyclic) bond motifs is 3. The molecule has 0 bridgehead atoms. The molecular weight excluding hydrogens is 176 g/mol. The highest BCUT2D eigenvalue weighted by Gasteiger charge is 2.23. The van der Waals surface area contributed by atoms with E-state index in [0.717, 1.165) is 29.8 Å². The van der Waals surface area contributed by atoms with Gasteiger partial charge in [0.2, 0.25) is 0 Å². The van der Waals surface area contributed by atoms with Crippen molar-refractivity contribution in [1.82, 2.24) is 9.55 Å². The van der Waals surface area contributed by atoms with Crippen LogP contribution in [-0.2, 0) is 6.54 Å². The number of nitrogens with zero attached hydrogens (tertiary/aromatic N) is 2. The highest BCUT2D eigenvalue weighted by molar-refractivity contribution is 5.77. The predicted molar refractivity (Wildman–Crippen MR) is 54.0 cm³/mol. The van der Waals surface area contributed by atoms with Crippen LogP contribution in [-0.4, -0.2) is 14.7 Å². The Labute approximate surface area is 82.0 Å². The van der Waals surface area contributed by atoms with Crippen LogP contribution >= 0.6 is 0 Å². The van der Waals surface area contributed by atoms with Crippen LogP contribution in [0.25, 0.3) is 11.0 Å². The Bertz CT molecular complexity index is 501. The molecule has 14 heavy (non-hydrogen) atoms. The Kier molecular flexibility index (Phi) is 1.47. The van der Waals surface area contributed by atoms with E-state index in [1.165, 1.54) is 5.56 Å². The molecule has 0 amide bonds. The second kappa shape index (κ2) is 2.58. The maximum atomic E-state index is 9.67. The number of imidazole rings is 1. The average molecular weight is 188 g/mol. The van der Waals surface area contributed by atoms with E-state index in [0.29, 0.717) is 0 Å². The monoisotopic (exact) mass is 188 g/mol. The van der Waals surface area contributed by atoms with Crippen molar-refractivity contribution in [1.29, 1.82) is 0 Å². The summed E-state index contributed by atoms with van der Waals surface area (Å²) < 4.78 is 2.11. The van der Waals surface area contributed by atoms with Crippen LogP contribution in [0.3, 0.4) is 0 Å². The van der Waals surface area contributed by atoms with Gasteiger partial charge < -0.3 is 9.67 Å². The summed E-state index contributed by atoms with van der Waals surface area (Å²) in [7, 11) is 0. The Morgan fingerprint density at radius 1 is 1.50 bits per heavy atom. The van der Waals surface area contributed by atoms with Crippen molar-refractivity contribution < 1.29 is 5.11 Å². The minimum absolute atomic E-state index is 0.372. The Balaban J connectivity index is 2.34. The van der Waals surface area contributed by atoms with E-state index in [9.17, 15) is 5.11 Å². The summed E-state index contributed by atoms with van der Waals surface area (Å²) in [6.45, 7) is 2.94. The lowest BCUT2D eigenvalue weighted by Crippen LogP contribution is -1.93. The molecule has 3 rings (SSSR count). The highest BCUT2D eigenvalue weighted by Crippen LogP contribution is 2.29. The minimum atomic E-state index is -0.372. The molecular formula is C11H12N2O. The normalized spacial score (nSPS) is 20.3. The van der Waals surface area contributed by atoms with Gasteiger partial charge in [0.15, 0.2) is 0 Å². The van der Waals surface area contributed by atoms with E-state index < -0.39 is 0 Å². The third-order valence-electron chi connectivity index (χ3n) is 2.86. The summed E-state index contributed by atoms with van der Waals surface area (Å²) in [4.78, 5) is 4.45. The van der Waals surface area contributed by atoms with Crippen LogP contribution in [0.2, 0.25) is 0 Å². The number of rotatable bonds is 0. The number of aryl methyl sites for hydroxylation is 2. The molecule has 1 aliphatic heterocycles. The van der Waals surface area contributed by atoms with E-state index in [-0.39, 0.29) is 6.10 Å². The molecule has 1 aromatic carbocycles. The third kappa shape index (κ3) is 0.930. The number of aliphatic hydroxyl groups is 1. The van der Waals surface area contributed by atoms with E-state index in [4.69, 9.17) is 0 Å². The molecule has 1 N–H and O–H groups in total. The maximum Gasteiger partial charge on any atom is 0.138 e. The number of hydrogen-bond donors (Lipinski definition) is 1. The molecule has 2 heterocycles. The van der Waals surface area contributed by atoms with Crippen molar-refractivity contribution in [3.63, 3.8) is 0 Å². The van der Waals surface area contributed by atoms with Crippen molar-refractivity contribution in [3.8, 4) is 0 Å². The summed E-state index contributed by atoms with van der Waals surface area (Å²) in [6.07, 6.45) is 0.425. The van der Waals surface area contributed by atoms with Crippen molar-refractivity contribution in [2.24, 2.45) is 0 Å². The lowest BCUT2D eigenvalue weighted by molar-refractivity contribution is 0.176. The van der Waals surface area contributed by atoms with Crippen molar-refractivity contribution in [2.75, 3.05) is 0 Å². The largest absolute Gasteiger partial charge is 0.385 e. The van der Waals surface area contributed by atoms with Gasteiger partial charge in [-0.2, -0.15) is 0 Å². The first-order chi connectivity index (χ1) is 6.75. The SMILES string of the molecule is Cc1ccc2c(c1)nc1n2CCC1O. The summed E-state index contributed by atoms with van der Waals surface area (Å²) >= 11 is 0. The van der Waals surface area contributed by atoms with Crippen molar-refractivity contribution in [2.45, 2.75) is 26.0 Å². The molecule has 0 saturated heterocycles. The van der Waals surface area contributed by atoms with E-state index in [1.54, 1.807) is 0 Å². The molecule has 1 aliphatic rings. The fourth-order valence-electron chi connectivity index (χ4n) is 2.13. The molecule has 3 nitrogen and oxygen atoms in total. The quantitative estimate of drug-likeness (QED) is 0.684. The summed E-state index contributed by atoms with van der Waals surface area (Å²) in [6, 6.07) is 6.23. The summed E-state index contributed by atoms with van der Waals surface area (Å²) in [5.41, 5.74) is 3.35. The molecule has 72 valence electrons. The summed E-state index contributed by atoms with van der Waals surface area (Å²) in [5, 5.41) is 9.67. The number of aliphatic hydroxyl groups excluding tert-OH is 1. The van der Waals surface area contributed by atoms with Gasteiger partial charge in [-0.05, 0) is 31.0 Å². The van der Waals surface area contributed by atoms with Gasteiger partial charge in [0, 0.05) is 6.54 Å². The number of aromatic nitrogens is 2. The lowest BCUT2D eigenvalue weighted by Gasteiger charge is -1.97. The van der Waals surface area contributed by atoms with Gasteiger partial charge in [0.25, 0.3) is 0 Å². The fourth-order valence-corrected chi connectivity index (χ4v) is 2.13. The van der Waals surface area contributed by atoms with Crippen LogP contribution in [0, 0.1) is 6.92 Å². The Morgan fingerprint density at radius 2 is 2.36 bits per heavy atom. The first-order valence-corrected chi connectivity index (χ1v) is 4.90. The number of benzene rings is 1. The van der Waals surface area contributed by atoms with Gasteiger partial charge in [-0.3, -0.25) is 0 Å². The molecule has 1 atom stereocenters. The second-order valence-electron chi connectivity index (χ2n) is 3.92. The van der Waals surface area contributed by atoms with Gasteiger partial charge in [-0.1, -0.05) is 6.07 Å². The van der Waals surface area contributed by atoms with Gasteiger partial charge in [-0.25, -0.2) is 4.98 Å². The van der Waals surface area contributed by atoms with E-state index in [2.05, 4.69) is 34.7 Å². The summed E-state index contributed by atoms with van der Waals surface area (Å²) in [5.74, 6) is 0.825. The van der Waals surface area contributed by atoms with Crippen LogP contribution in [0.1, 0.15) is 23.9 Å². The third-order valence-corrected chi connectivity index (χ3v) is 2.86. The molecule has 1 aromatic heterocycles. The van der Waals surface area contributed by atoms with Gasteiger partial charge in [0.1, 0.15) is 11.9 Å². The molecule has 0 fully saturated rings. The molecule has 2 aromatic rings. The van der Waals surface area contributed by atoms with Gasteiger partial charge in [0.05, 0.1) is 11.0 Å². The lowest BCUT2D eigenvalue weighted by atomic mass is 10.2. The Hall–Kier alpha value is -1.35. The zero-order chi connectivity index (χ0) is 9.71. The van der Waals surface area contributed by atoms with Crippen molar-refractivity contribution in [3.05, 3.63) is 29.6 Å². The molecule has 0 spiro atoms. The fraction of sp³-hybridized carbons (Fsp3) is 0.364. The molecule has 1 unspecified atom stereocenters. The van der Waals surface area contributed by atoms with Gasteiger partial charge in [-0.15, -0.1) is 0 Å². The predicted octanol–water partition coefficient (Wildman–Crippen LogP) is 1.78. The molecule has 0 aliphatic carbocycles. The topological polar surface area (TPSA) is 38.0 Å². The van der Waals surface area contributed by atoms with E-state index >= 15 is 0 Å². The zero-order valence-corrected chi connectivity index (χ0v) is 8.07. The van der Waals surface area contributed by atoms with Crippen LogP contribution in [0.15, 0.2) is 18.2 Å². The first-order valence-electron chi connectivity index (χ1n) is 4.90. The van der Waals surface area contributed by atoms with Crippen LogP contribution in [0.4, 0.5) is 0 Å². The number of hydrogen-bond acceptors (Lipinski definition) is 2. The van der Waals surface area contributed by atoms with Crippen molar-refractivity contribution >= 4 is 11.0 Å². The molecule has 0 saturated carbocycles. The van der Waals surface area contributed by atoms with E-state index in [1.807, 2.05) is 0 Å². The highest BCUT2D eigenvalue weighted by atomic mass is 16.3. The van der Waals surface area contributed by atoms with Crippen LogP contribution < -0.4 is 0 Å². The first kappa shape index (κ1) is 8.00. The van der Waals surface area contributed by atoms with Gasteiger partial charge >= 0.3 is 0 Å².